The van der Waals surface area contributed by atoms with E-state index in [1.165, 1.54) is 0 Å². The Morgan fingerprint density at radius 3 is 2.82 bits per heavy atom. The fraction of sp³-hybridized carbons (Fsp3) is 0.875. The zero-order chi connectivity index (χ0) is 7.90. The van der Waals surface area contributed by atoms with Crippen molar-refractivity contribution < 1.29 is 4.79 Å². The van der Waals surface area contributed by atoms with Crippen molar-refractivity contribution in [2.45, 2.75) is 12.8 Å². The summed E-state index contributed by atoms with van der Waals surface area (Å²) in [5, 5.41) is 2.91. The lowest BCUT2D eigenvalue weighted by Crippen LogP contribution is -2.33. The van der Waals surface area contributed by atoms with E-state index in [2.05, 4.69) is 17.3 Å². The van der Waals surface area contributed by atoms with Gasteiger partial charge in [-0.15, -0.1) is 0 Å². The normalized spacial score (nSPS) is 38.5. The third-order valence-electron chi connectivity index (χ3n) is 2.92. The second-order valence-electron chi connectivity index (χ2n) is 3.77. The molecule has 1 atom stereocenters. The minimum atomic E-state index is -0.00521. The highest BCUT2D eigenvalue weighted by molar-refractivity contribution is 5.85. The topological polar surface area (TPSA) is 32.3 Å². The molecule has 0 unspecified atom stereocenters. The number of amides is 1. The largest absolute Gasteiger partial charge is 0.356 e. The van der Waals surface area contributed by atoms with Gasteiger partial charge in [0, 0.05) is 13.1 Å². The van der Waals surface area contributed by atoms with E-state index in [-0.39, 0.29) is 11.3 Å². The lowest BCUT2D eigenvalue weighted by Gasteiger charge is -2.18. The predicted molar refractivity (Wildman–Crippen MR) is 42.2 cm³/mol. The zero-order valence-corrected chi connectivity index (χ0v) is 6.89. The van der Waals surface area contributed by atoms with Crippen LogP contribution in [-0.4, -0.2) is 37.5 Å². The molecule has 62 valence electrons. The number of hydrogen-bond donors (Lipinski definition) is 1. The predicted octanol–water partition coefficient (Wildman–Crippen LogP) is -0.172. The van der Waals surface area contributed by atoms with Gasteiger partial charge in [-0.3, -0.25) is 4.79 Å². The highest BCUT2D eigenvalue weighted by Gasteiger charge is 2.46. The monoisotopic (exact) mass is 154 g/mol. The molecule has 0 bridgehead atoms. The molecule has 0 aliphatic carbocycles. The van der Waals surface area contributed by atoms with E-state index in [9.17, 15) is 4.79 Å². The number of nitrogens with zero attached hydrogens (tertiary/aromatic N) is 1. The number of carbonyl (C=O) groups is 1. The average molecular weight is 154 g/mol. The number of nitrogens with one attached hydrogen (secondary N) is 1. The van der Waals surface area contributed by atoms with Crippen LogP contribution in [-0.2, 0) is 4.79 Å². The summed E-state index contributed by atoms with van der Waals surface area (Å²) in [5.74, 6) is 0.279. The highest BCUT2D eigenvalue weighted by Crippen LogP contribution is 2.36. The van der Waals surface area contributed by atoms with Crippen LogP contribution in [0, 0.1) is 5.41 Å². The van der Waals surface area contributed by atoms with Gasteiger partial charge in [-0.05, 0) is 26.4 Å². The van der Waals surface area contributed by atoms with Gasteiger partial charge >= 0.3 is 0 Å². The van der Waals surface area contributed by atoms with Crippen LogP contribution in [0.3, 0.4) is 0 Å². The van der Waals surface area contributed by atoms with Crippen LogP contribution in [0.5, 0.6) is 0 Å². The molecule has 0 saturated carbocycles. The average Bonchev–Trinajstić information content (AvgIpc) is 2.46. The molecule has 2 rings (SSSR count). The maximum atomic E-state index is 11.4. The Kier molecular flexibility index (Phi) is 1.42. The minimum Gasteiger partial charge on any atom is -0.356 e. The summed E-state index contributed by atoms with van der Waals surface area (Å²) in [6, 6.07) is 0. The Morgan fingerprint density at radius 1 is 1.55 bits per heavy atom. The van der Waals surface area contributed by atoms with E-state index in [4.69, 9.17) is 0 Å². The van der Waals surface area contributed by atoms with Crippen molar-refractivity contribution in [3.8, 4) is 0 Å². The molecule has 3 heteroatoms. The molecule has 2 aliphatic heterocycles. The second-order valence-corrected chi connectivity index (χ2v) is 3.77. The van der Waals surface area contributed by atoms with E-state index < -0.39 is 0 Å². The van der Waals surface area contributed by atoms with Gasteiger partial charge < -0.3 is 10.2 Å². The van der Waals surface area contributed by atoms with Gasteiger partial charge in [-0.2, -0.15) is 0 Å². The summed E-state index contributed by atoms with van der Waals surface area (Å²) in [5.41, 5.74) is -0.00521. The molecule has 1 amide bonds. The maximum absolute atomic E-state index is 11.4. The first-order valence-corrected chi connectivity index (χ1v) is 4.20. The molecular weight excluding hydrogens is 140 g/mol. The zero-order valence-electron chi connectivity index (χ0n) is 6.89. The number of rotatable bonds is 0. The van der Waals surface area contributed by atoms with Crippen molar-refractivity contribution in [3.63, 3.8) is 0 Å². The summed E-state index contributed by atoms with van der Waals surface area (Å²) in [4.78, 5) is 13.6. The van der Waals surface area contributed by atoms with Crippen molar-refractivity contribution in [1.29, 1.82) is 0 Å². The molecule has 0 aromatic heterocycles. The van der Waals surface area contributed by atoms with Crippen molar-refractivity contribution >= 4 is 5.91 Å². The third kappa shape index (κ3) is 0.948. The van der Waals surface area contributed by atoms with Crippen LogP contribution >= 0.6 is 0 Å². The fourth-order valence-electron chi connectivity index (χ4n) is 2.19. The summed E-state index contributed by atoms with van der Waals surface area (Å²) >= 11 is 0. The van der Waals surface area contributed by atoms with E-state index in [0.717, 1.165) is 32.5 Å². The Balaban J connectivity index is 2.16. The quantitative estimate of drug-likeness (QED) is 0.525. The van der Waals surface area contributed by atoms with Crippen LogP contribution in [0.1, 0.15) is 12.8 Å². The molecule has 2 saturated heterocycles. The van der Waals surface area contributed by atoms with E-state index >= 15 is 0 Å². The Bertz CT molecular complexity index is 193. The first kappa shape index (κ1) is 7.10. The second kappa shape index (κ2) is 2.21. The highest BCUT2D eigenvalue weighted by atomic mass is 16.2. The first-order chi connectivity index (χ1) is 5.23. The van der Waals surface area contributed by atoms with Crippen molar-refractivity contribution in [2.24, 2.45) is 5.41 Å². The molecule has 1 N–H and O–H groups in total. The van der Waals surface area contributed by atoms with Crippen LogP contribution in [0.15, 0.2) is 0 Å². The standard InChI is InChI=1S/C8H14N2O/c1-10-5-3-8(6-10)2-4-9-7(8)11/h2-6H2,1H3,(H,9,11)/t8-/m0/s1. The van der Waals surface area contributed by atoms with Crippen LogP contribution in [0.2, 0.25) is 0 Å². The van der Waals surface area contributed by atoms with E-state index in [1.807, 2.05) is 0 Å². The Hall–Kier alpha value is -0.570. The van der Waals surface area contributed by atoms with Gasteiger partial charge in [-0.1, -0.05) is 0 Å². The molecule has 11 heavy (non-hydrogen) atoms. The summed E-state index contributed by atoms with van der Waals surface area (Å²) in [6.07, 6.45) is 2.09. The fourth-order valence-corrected chi connectivity index (χ4v) is 2.19. The Morgan fingerprint density at radius 2 is 2.36 bits per heavy atom. The summed E-state index contributed by atoms with van der Waals surface area (Å²) in [7, 11) is 2.08. The van der Waals surface area contributed by atoms with Crippen molar-refractivity contribution in [2.75, 3.05) is 26.7 Å². The van der Waals surface area contributed by atoms with Crippen molar-refractivity contribution in [3.05, 3.63) is 0 Å². The number of hydrogen-bond acceptors (Lipinski definition) is 2. The molecule has 1 spiro atoms. The van der Waals surface area contributed by atoms with Crippen molar-refractivity contribution in [1.82, 2.24) is 10.2 Å². The lowest BCUT2D eigenvalue weighted by molar-refractivity contribution is -0.126. The molecule has 0 aromatic rings. The van der Waals surface area contributed by atoms with Gasteiger partial charge in [0.1, 0.15) is 0 Å². The molecule has 2 aliphatic rings. The Labute approximate surface area is 66.8 Å². The molecule has 2 fully saturated rings. The number of likely N-dealkylation sites (tertiary alicyclic amines) is 1. The van der Waals surface area contributed by atoms with Gasteiger partial charge in [0.15, 0.2) is 0 Å². The molecule has 2 heterocycles. The summed E-state index contributed by atoms with van der Waals surface area (Å²) in [6.45, 7) is 2.92. The first-order valence-electron chi connectivity index (χ1n) is 4.20. The van der Waals surface area contributed by atoms with Gasteiger partial charge in [0.05, 0.1) is 5.41 Å². The lowest BCUT2D eigenvalue weighted by atomic mass is 9.86. The smallest absolute Gasteiger partial charge is 0.227 e. The maximum Gasteiger partial charge on any atom is 0.227 e. The third-order valence-corrected chi connectivity index (χ3v) is 2.92. The molecular formula is C8H14N2O. The summed E-state index contributed by atoms with van der Waals surface area (Å²) < 4.78 is 0. The van der Waals surface area contributed by atoms with E-state index in [0.29, 0.717) is 0 Å². The van der Waals surface area contributed by atoms with E-state index in [1.54, 1.807) is 0 Å². The molecule has 3 nitrogen and oxygen atoms in total. The van der Waals surface area contributed by atoms with Crippen LogP contribution in [0.25, 0.3) is 0 Å². The minimum absolute atomic E-state index is 0.00521. The van der Waals surface area contributed by atoms with Crippen LogP contribution in [0.4, 0.5) is 0 Å². The molecule has 0 radical (unpaired) electrons. The SMILES string of the molecule is CN1CC[C@@]2(CCNC2=O)C1. The number of carbonyl (C=O) groups excluding carboxylic acids is 1. The van der Waals surface area contributed by atoms with Gasteiger partial charge in [0.25, 0.3) is 0 Å². The van der Waals surface area contributed by atoms with Gasteiger partial charge in [-0.25, -0.2) is 0 Å². The van der Waals surface area contributed by atoms with Crippen LogP contribution < -0.4 is 5.32 Å². The van der Waals surface area contributed by atoms with Gasteiger partial charge in [0.2, 0.25) is 5.91 Å². The molecule has 0 aromatic carbocycles.